The van der Waals surface area contributed by atoms with Gasteiger partial charge in [-0.2, -0.15) is 0 Å². The lowest BCUT2D eigenvalue weighted by atomic mass is 10.2. The molecule has 6 nitrogen and oxygen atoms in total. The number of nitrogens with zero attached hydrogens (tertiary/aromatic N) is 3. The third kappa shape index (κ3) is 3.48. The molecule has 3 aromatic heterocycles. The van der Waals surface area contributed by atoms with Crippen LogP contribution >= 0.6 is 11.3 Å². The van der Waals surface area contributed by atoms with Gasteiger partial charge in [-0.3, -0.25) is 18.9 Å². The third-order valence-corrected chi connectivity index (χ3v) is 5.09. The first-order chi connectivity index (χ1) is 12.5. The SMILES string of the molecule is CCc1nc2ccc(C(=O)NCc3cccs3)cn2c1N(CC)C(C)=O. The number of aromatic nitrogens is 2. The average Bonchev–Trinajstić information content (AvgIpc) is 3.27. The Morgan fingerprint density at radius 2 is 2.08 bits per heavy atom. The van der Waals surface area contributed by atoms with E-state index in [9.17, 15) is 9.59 Å². The van der Waals surface area contributed by atoms with Gasteiger partial charge in [-0.1, -0.05) is 13.0 Å². The average molecular weight is 370 g/mol. The molecule has 0 radical (unpaired) electrons. The number of carbonyl (C=O) groups excluding carboxylic acids is 2. The van der Waals surface area contributed by atoms with Gasteiger partial charge in [-0.15, -0.1) is 11.3 Å². The predicted octanol–water partition coefficient (Wildman–Crippen LogP) is 3.26. The Kier molecular flexibility index (Phi) is 5.37. The standard InChI is InChI=1S/C19H22N4O2S/c1-4-16-19(22(5-2)13(3)24)23-12-14(8-9-17(23)21-16)18(25)20-11-15-7-6-10-26-15/h6-10,12H,4-5,11H2,1-3H3,(H,20,25). The van der Waals surface area contributed by atoms with Gasteiger partial charge in [0, 0.05) is 24.5 Å². The van der Waals surface area contributed by atoms with Crippen molar-refractivity contribution in [2.24, 2.45) is 0 Å². The van der Waals surface area contributed by atoms with Gasteiger partial charge in [0.1, 0.15) is 11.5 Å². The van der Waals surface area contributed by atoms with Crippen LogP contribution in [0.25, 0.3) is 5.65 Å². The highest BCUT2D eigenvalue weighted by Crippen LogP contribution is 2.24. The lowest BCUT2D eigenvalue weighted by Crippen LogP contribution is -2.30. The Labute approximate surface area is 156 Å². The van der Waals surface area contributed by atoms with E-state index < -0.39 is 0 Å². The Hall–Kier alpha value is -2.67. The topological polar surface area (TPSA) is 66.7 Å². The number of pyridine rings is 1. The van der Waals surface area contributed by atoms with Crippen LogP contribution < -0.4 is 10.2 Å². The van der Waals surface area contributed by atoms with Crippen LogP contribution in [-0.2, 0) is 17.8 Å². The molecule has 0 bridgehead atoms. The number of thiophene rings is 1. The molecule has 0 aromatic carbocycles. The first-order valence-electron chi connectivity index (χ1n) is 8.64. The fourth-order valence-corrected chi connectivity index (χ4v) is 3.59. The zero-order chi connectivity index (χ0) is 18.7. The Morgan fingerprint density at radius 1 is 1.27 bits per heavy atom. The minimum absolute atomic E-state index is 0.0449. The molecule has 0 unspecified atom stereocenters. The van der Waals surface area contributed by atoms with E-state index in [1.54, 1.807) is 35.4 Å². The van der Waals surface area contributed by atoms with Gasteiger partial charge in [0.2, 0.25) is 5.91 Å². The van der Waals surface area contributed by atoms with E-state index in [4.69, 9.17) is 0 Å². The summed E-state index contributed by atoms with van der Waals surface area (Å²) < 4.78 is 1.84. The maximum atomic E-state index is 12.5. The summed E-state index contributed by atoms with van der Waals surface area (Å²) in [4.78, 5) is 32.0. The zero-order valence-corrected chi connectivity index (χ0v) is 16.0. The number of hydrogen-bond donors (Lipinski definition) is 1. The summed E-state index contributed by atoms with van der Waals surface area (Å²) in [6.07, 6.45) is 2.47. The van der Waals surface area contributed by atoms with Crippen LogP contribution in [0, 0.1) is 0 Å². The van der Waals surface area contributed by atoms with Crippen molar-refractivity contribution in [2.45, 2.75) is 33.7 Å². The Morgan fingerprint density at radius 3 is 2.69 bits per heavy atom. The number of rotatable bonds is 6. The molecule has 0 fully saturated rings. The maximum absolute atomic E-state index is 12.5. The summed E-state index contributed by atoms with van der Waals surface area (Å²) in [7, 11) is 0. The van der Waals surface area contributed by atoms with Crippen LogP contribution in [0.1, 0.15) is 41.7 Å². The number of anilines is 1. The molecule has 136 valence electrons. The van der Waals surface area contributed by atoms with Crippen molar-refractivity contribution in [2.75, 3.05) is 11.4 Å². The zero-order valence-electron chi connectivity index (χ0n) is 15.2. The molecule has 7 heteroatoms. The highest BCUT2D eigenvalue weighted by Gasteiger charge is 2.20. The number of amides is 2. The summed E-state index contributed by atoms with van der Waals surface area (Å²) in [5.74, 6) is 0.547. The fraction of sp³-hybridized carbons (Fsp3) is 0.316. The highest BCUT2D eigenvalue weighted by atomic mass is 32.1. The van der Waals surface area contributed by atoms with E-state index in [0.717, 1.165) is 22.0 Å². The fourth-order valence-electron chi connectivity index (χ4n) is 2.94. The molecule has 0 atom stereocenters. The van der Waals surface area contributed by atoms with Gasteiger partial charge in [0.15, 0.2) is 0 Å². The van der Waals surface area contributed by atoms with Gasteiger partial charge in [-0.05, 0) is 36.9 Å². The molecule has 3 heterocycles. The second-order valence-electron chi connectivity index (χ2n) is 5.91. The number of nitrogens with one attached hydrogen (secondary N) is 1. The van der Waals surface area contributed by atoms with E-state index in [1.165, 1.54) is 0 Å². The van der Waals surface area contributed by atoms with Crippen molar-refractivity contribution < 1.29 is 9.59 Å². The molecule has 26 heavy (non-hydrogen) atoms. The molecule has 0 saturated carbocycles. The molecule has 0 aliphatic carbocycles. The molecular formula is C19H22N4O2S. The van der Waals surface area contributed by atoms with Gasteiger partial charge in [-0.25, -0.2) is 4.98 Å². The maximum Gasteiger partial charge on any atom is 0.253 e. The van der Waals surface area contributed by atoms with E-state index in [-0.39, 0.29) is 11.8 Å². The minimum Gasteiger partial charge on any atom is -0.347 e. The number of hydrogen-bond acceptors (Lipinski definition) is 4. The number of aryl methyl sites for hydroxylation is 1. The quantitative estimate of drug-likeness (QED) is 0.724. The van der Waals surface area contributed by atoms with Gasteiger partial charge < -0.3 is 5.32 Å². The largest absolute Gasteiger partial charge is 0.347 e. The van der Waals surface area contributed by atoms with E-state index >= 15 is 0 Å². The van der Waals surface area contributed by atoms with E-state index in [2.05, 4.69) is 10.3 Å². The molecule has 3 rings (SSSR count). The second kappa shape index (κ2) is 7.70. The molecule has 0 spiro atoms. The van der Waals surface area contributed by atoms with Crippen molar-refractivity contribution in [1.82, 2.24) is 14.7 Å². The van der Waals surface area contributed by atoms with Crippen LogP contribution in [0.5, 0.6) is 0 Å². The molecule has 0 aliphatic heterocycles. The van der Waals surface area contributed by atoms with E-state index in [1.807, 2.05) is 41.8 Å². The first-order valence-corrected chi connectivity index (χ1v) is 9.52. The normalized spacial score (nSPS) is 10.9. The van der Waals surface area contributed by atoms with Crippen molar-refractivity contribution in [1.29, 1.82) is 0 Å². The summed E-state index contributed by atoms with van der Waals surface area (Å²) in [6.45, 7) is 6.52. The summed E-state index contributed by atoms with van der Waals surface area (Å²) in [5.41, 5.74) is 2.11. The van der Waals surface area contributed by atoms with Gasteiger partial charge in [0.05, 0.1) is 17.8 Å². The van der Waals surface area contributed by atoms with Crippen molar-refractivity contribution in [3.05, 3.63) is 52.0 Å². The van der Waals surface area contributed by atoms with Gasteiger partial charge >= 0.3 is 0 Å². The van der Waals surface area contributed by atoms with Crippen molar-refractivity contribution in [3.8, 4) is 0 Å². The van der Waals surface area contributed by atoms with Gasteiger partial charge in [0.25, 0.3) is 5.91 Å². The lowest BCUT2D eigenvalue weighted by Gasteiger charge is -2.20. The number of imidazole rings is 1. The van der Waals surface area contributed by atoms with Crippen molar-refractivity contribution >= 4 is 34.6 Å². The van der Waals surface area contributed by atoms with Crippen LogP contribution in [0.15, 0.2) is 35.8 Å². The smallest absolute Gasteiger partial charge is 0.253 e. The highest BCUT2D eigenvalue weighted by molar-refractivity contribution is 7.09. The molecule has 3 aromatic rings. The predicted molar refractivity (Wildman–Crippen MR) is 104 cm³/mol. The molecule has 0 saturated heterocycles. The number of fused-ring (bicyclic) bond motifs is 1. The van der Waals surface area contributed by atoms with E-state index in [0.29, 0.717) is 25.1 Å². The minimum atomic E-state index is -0.149. The molecule has 0 aliphatic rings. The monoisotopic (exact) mass is 370 g/mol. The Bertz CT molecular complexity index is 931. The first kappa shape index (κ1) is 18.1. The number of carbonyl (C=O) groups is 2. The van der Waals surface area contributed by atoms with Crippen LogP contribution in [0.2, 0.25) is 0 Å². The summed E-state index contributed by atoms with van der Waals surface area (Å²) in [5, 5.41) is 4.91. The Balaban J connectivity index is 1.96. The summed E-state index contributed by atoms with van der Waals surface area (Å²) >= 11 is 1.61. The molecule has 2 amide bonds. The summed E-state index contributed by atoms with van der Waals surface area (Å²) in [6, 6.07) is 7.53. The third-order valence-electron chi connectivity index (χ3n) is 4.22. The second-order valence-corrected chi connectivity index (χ2v) is 6.94. The van der Waals surface area contributed by atoms with Crippen LogP contribution in [0.4, 0.5) is 5.82 Å². The lowest BCUT2D eigenvalue weighted by molar-refractivity contribution is -0.116. The van der Waals surface area contributed by atoms with Crippen molar-refractivity contribution in [3.63, 3.8) is 0 Å². The van der Waals surface area contributed by atoms with Crippen LogP contribution in [-0.4, -0.2) is 27.7 Å². The molecular weight excluding hydrogens is 348 g/mol. The molecule has 1 N–H and O–H groups in total. The van der Waals surface area contributed by atoms with Crippen LogP contribution in [0.3, 0.4) is 0 Å².